The first-order valence-electron chi connectivity index (χ1n) is 11.2. The average Bonchev–Trinajstić information content (AvgIpc) is 3.35. The third kappa shape index (κ3) is 5.58. The second-order valence-electron chi connectivity index (χ2n) is 7.92. The minimum Gasteiger partial charge on any atom is -0.497 e. The fraction of sp³-hybridized carbons (Fsp3) is 0.400. The van der Waals surface area contributed by atoms with E-state index in [-0.39, 0.29) is 0 Å². The number of piperazine rings is 1. The van der Waals surface area contributed by atoms with Crippen molar-refractivity contribution >= 4 is 5.69 Å². The molecule has 1 fully saturated rings. The Morgan fingerprint density at radius 2 is 1.73 bits per heavy atom. The maximum atomic E-state index is 5.53. The number of nitrogens with one attached hydrogen (secondary N) is 1. The van der Waals surface area contributed by atoms with Gasteiger partial charge in [0.2, 0.25) is 0 Å². The van der Waals surface area contributed by atoms with Gasteiger partial charge in [-0.15, -0.1) is 0 Å². The van der Waals surface area contributed by atoms with Crippen LogP contribution in [0.5, 0.6) is 17.2 Å². The van der Waals surface area contributed by atoms with E-state index in [1.807, 2.05) is 36.4 Å². The molecule has 0 spiro atoms. The first kappa shape index (κ1) is 22.9. The molecule has 0 unspecified atom stereocenters. The summed E-state index contributed by atoms with van der Waals surface area (Å²) in [6.45, 7) is 6.68. The third-order valence-electron chi connectivity index (χ3n) is 5.95. The van der Waals surface area contributed by atoms with Gasteiger partial charge in [-0.2, -0.15) is 0 Å². The molecule has 8 heteroatoms. The van der Waals surface area contributed by atoms with Crippen LogP contribution >= 0.6 is 0 Å². The molecule has 2 heterocycles. The van der Waals surface area contributed by atoms with E-state index in [1.54, 1.807) is 21.3 Å². The molecular weight excluding hydrogens is 420 g/mol. The van der Waals surface area contributed by atoms with E-state index in [0.717, 1.165) is 62.0 Å². The minimum atomic E-state index is 0.630. The van der Waals surface area contributed by atoms with Gasteiger partial charge in [0.05, 0.1) is 27.9 Å². The number of para-hydroxylation sites is 1. The Hall–Kier alpha value is -3.23. The van der Waals surface area contributed by atoms with Crippen LogP contribution in [-0.2, 0) is 6.54 Å². The Kier molecular flexibility index (Phi) is 7.70. The quantitative estimate of drug-likeness (QED) is 0.470. The number of benzene rings is 2. The van der Waals surface area contributed by atoms with Gasteiger partial charge < -0.3 is 29.0 Å². The number of anilines is 1. The molecular formula is C25H32N4O4. The van der Waals surface area contributed by atoms with Crippen molar-refractivity contribution in [3.05, 3.63) is 54.3 Å². The Morgan fingerprint density at radius 1 is 0.939 bits per heavy atom. The van der Waals surface area contributed by atoms with Crippen molar-refractivity contribution in [2.24, 2.45) is 0 Å². The van der Waals surface area contributed by atoms with Gasteiger partial charge in [0.1, 0.15) is 11.4 Å². The molecule has 4 rings (SSSR count). The van der Waals surface area contributed by atoms with Crippen LogP contribution in [0.3, 0.4) is 0 Å². The zero-order valence-corrected chi connectivity index (χ0v) is 19.5. The van der Waals surface area contributed by atoms with Crippen LogP contribution in [0.15, 0.2) is 53.1 Å². The number of ether oxygens (including phenoxy) is 3. The number of aromatic nitrogens is 1. The van der Waals surface area contributed by atoms with Crippen molar-refractivity contribution in [1.82, 2.24) is 15.4 Å². The van der Waals surface area contributed by atoms with Crippen LogP contribution in [-0.4, -0.2) is 70.7 Å². The lowest BCUT2D eigenvalue weighted by atomic mass is 10.1. The molecule has 33 heavy (non-hydrogen) atoms. The van der Waals surface area contributed by atoms with Gasteiger partial charge in [-0.05, 0) is 36.4 Å². The standard InChI is InChI=1S/C25H32N4O4/c1-30-20-9-7-19(8-10-20)29-15-13-28(14-16-29)12-11-26-18-21-17-23(27-33-21)22-5-4-6-24(31-2)25(22)32-3/h4-10,17,26H,11-16,18H2,1-3H3. The molecule has 0 amide bonds. The Balaban J connectivity index is 1.21. The summed E-state index contributed by atoms with van der Waals surface area (Å²) in [5.41, 5.74) is 2.83. The lowest BCUT2D eigenvalue weighted by molar-refractivity contribution is 0.255. The highest BCUT2D eigenvalue weighted by molar-refractivity contribution is 5.71. The predicted molar refractivity (Wildman–Crippen MR) is 128 cm³/mol. The van der Waals surface area contributed by atoms with Gasteiger partial charge >= 0.3 is 0 Å². The predicted octanol–water partition coefficient (Wildman–Crippen LogP) is 3.28. The summed E-state index contributed by atoms with van der Waals surface area (Å²) in [5.74, 6) is 3.01. The van der Waals surface area contributed by atoms with Gasteiger partial charge in [-0.25, -0.2) is 0 Å². The normalized spacial score (nSPS) is 14.3. The maximum Gasteiger partial charge on any atom is 0.170 e. The number of nitrogens with zero attached hydrogens (tertiary/aromatic N) is 3. The molecule has 1 aliphatic heterocycles. The molecule has 1 aliphatic rings. The first-order valence-corrected chi connectivity index (χ1v) is 11.2. The van der Waals surface area contributed by atoms with Crippen LogP contribution < -0.4 is 24.4 Å². The van der Waals surface area contributed by atoms with Crippen LogP contribution in [0.1, 0.15) is 5.76 Å². The van der Waals surface area contributed by atoms with Crippen molar-refractivity contribution in [2.75, 3.05) is 65.5 Å². The molecule has 0 radical (unpaired) electrons. The number of methoxy groups -OCH3 is 3. The third-order valence-corrected chi connectivity index (χ3v) is 5.95. The van der Waals surface area contributed by atoms with E-state index in [0.29, 0.717) is 18.0 Å². The number of hydrogen-bond acceptors (Lipinski definition) is 8. The summed E-state index contributed by atoms with van der Waals surface area (Å²) >= 11 is 0. The van der Waals surface area contributed by atoms with Gasteiger partial charge in [0, 0.05) is 56.6 Å². The molecule has 176 valence electrons. The van der Waals surface area contributed by atoms with Gasteiger partial charge in [-0.3, -0.25) is 4.90 Å². The van der Waals surface area contributed by atoms with Gasteiger partial charge in [0.25, 0.3) is 0 Å². The van der Waals surface area contributed by atoms with Gasteiger partial charge in [0.15, 0.2) is 17.3 Å². The largest absolute Gasteiger partial charge is 0.497 e. The Morgan fingerprint density at radius 3 is 2.42 bits per heavy atom. The average molecular weight is 453 g/mol. The summed E-state index contributed by atoms with van der Waals surface area (Å²) < 4.78 is 21.7. The highest BCUT2D eigenvalue weighted by atomic mass is 16.5. The van der Waals surface area contributed by atoms with Gasteiger partial charge in [-0.1, -0.05) is 11.2 Å². The minimum absolute atomic E-state index is 0.630. The highest BCUT2D eigenvalue weighted by Gasteiger charge is 2.18. The van der Waals surface area contributed by atoms with Crippen molar-refractivity contribution in [1.29, 1.82) is 0 Å². The van der Waals surface area contributed by atoms with E-state index in [4.69, 9.17) is 18.7 Å². The lowest BCUT2D eigenvalue weighted by Gasteiger charge is -2.36. The fourth-order valence-corrected chi connectivity index (χ4v) is 4.08. The molecule has 8 nitrogen and oxygen atoms in total. The molecule has 2 aromatic carbocycles. The zero-order valence-electron chi connectivity index (χ0n) is 19.5. The molecule has 0 atom stereocenters. The van der Waals surface area contributed by atoms with Crippen LogP contribution in [0.2, 0.25) is 0 Å². The second-order valence-corrected chi connectivity index (χ2v) is 7.92. The van der Waals surface area contributed by atoms with Crippen LogP contribution in [0.4, 0.5) is 5.69 Å². The van der Waals surface area contributed by atoms with Crippen LogP contribution in [0.25, 0.3) is 11.3 Å². The summed E-state index contributed by atoms with van der Waals surface area (Å²) in [4.78, 5) is 4.91. The summed E-state index contributed by atoms with van der Waals surface area (Å²) in [7, 11) is 4.94. The SMILES string of the molecule is COc1ccc(N2CCN(CCNCc3cc(-c4cccc(OC)c4OC)no3)CC2)cc1. The van der Waals surface area contributed by atoms with Crippen molar-refractivity contribution < 1.29 is 18.7 Å². The van der Waals surface area contributed by atoms with E-state index in [1.165, 1.54) is 5.69 Å². The molecule has 0 bridgehead atoms. The summed E-state index contributed by atoms with van der Waals surface area (Å²) in [6.07, 6.45) is 0. The highest BCUT2D eigenvalue weighted by Crippen LogP contribution is 2.37. The fourth-order valence-electron chi connectivity index (χ4n) is 4.08. The Bertz CT molecular complexity index is 1010. The number of rotatable bonds is 10. The second kappa shape index (κ2) is 11.1. The summed E-state index contributed by atoms with van der Waals surface area (Å²) in [5, 5.41) is 7.67. The first-order chi connectivity index (χ1) is 16.2. The molecule has 1 aromatic heterocycles. The van der Waals surface area contributed by atoms with Crippen molar-refractivity contribution in [3.63, 3.8) is 0 Å². The van der Waals surface area contributed by atoms with E-state index >= 15 is 0 Å². The Labute approximate surface area is 195 Å². The molecule has 0 aliphatic carbocycles. The monoisotopic (exact) mass is 452 g/mol. The molecule has 3 aromatic rings. The van der Waals surface area contributed by atoms with Crippen molar-refractivity contribution in [3.8, 4) is 28.5 Å². The lowest BCUT2D eigenvalue weighted by Crippen LogP contribution is -2.48. The van der Waals surface area contributed by atoms with E-state index < -0.39 is 0 Å². The number of hydrogen-bond donors (Lipinski definition) is 1. The molecule has 1 N–H and O–H groups in total. The zero-order chi connectivity index (χ0) is 23.0. The molecule has 0 saturated carbocycles. The molecule has 1 saturated heterocycles. The van der Waals surface area contributed by atoms with E-state index in [2.05, 4.69) is 32.4 Å². The van der Waals surface area contributed by atoms with Crippen LogP contribution in [0, 0.1) is 0 Å². The smallest absolute Gasteiger partial charge is 0.170 e. The van der Waals surface area contributed by atoms with Crippen molar-refractivity contribution in [2.45, 2.75) is 6.54 Å². The maximum absolute atomic E-state index is 5.53. The van der Waals surface area contributed by atoms with E-state index in [9.17, 15) is 0 Å². The summed E-state index contributed by atoms with van der Waals surface area (Å²) in [6, 6.07) is 16.0. The topological polar surface area (TPSA) is 72.2 Å².